The molecule has 0 saturated carbocycles. The van der Waals surface area contributed by atoms with E-state index in [1.807, 2.05) is 0 Å². The topological polar surface area (TPSA) is 62.7 Å². The minimum atomic E-state index is -1.01. The number of hydrogen-bond acceptors (Lipinski definition) is 4. The summed E-state index contributed by atoms with van der Waals surface area (Å²) in [7, 11) is 3.40. The molecule has 5 nitrogen and oxygen atoms in total. The highest BCUT2D eigenvalue weighted by molar-refractivity contribution is 6.29. The van der Waals surface area contributed by atoms with E-state index in [-0.39, 0.29) is 10.7 Å². The summed E-state index contributed by atoms with van der Waals surface area (Å²) in [5, 5.41) is 9.32. The van der Waals surface area contributed by atoms with Crippen molar-refractivity contribution in [2.75, 3.05) is 32.2 Å². The van der Waals surface area contributed by atoms with E-state index in [4.69, 9.17) is 21.4 Å². The summed E-state index contributed by atoms with van der Waals surface area (Å²) in [6, 6.07) is 2.93. The molecule has 6 heteroatoms. The van der Waals surface area contributed by atoms with Crippen molar-refractivity contribution < 1.29 is 14.6 Å². The average molecular weight is 259 g/mol. The number of aromatic nitrogens is 1. The maximum Gasteiger partial charge on any atom is 0.339 e. The fourth-order valence-electron chi connectivity index (χ4n) is 1.44. The Morgan fingerprint density at radius 2 is 2.29 bits per heavy atom. The van der Waals surface area contributed by atoms with E-state index in [0.717, 1.165) is 6.42 Å². The van der Waals surface area contributed by atoms with Gasteiger partial charge in [-0.2, -0.15) is 0 Å². The Balaban J connectivity index is 2.86. The average Bonchev–Trinajstić information content (AvgIpc) is 2.28. The Bertz CT molecular complexity index is 398. The number of pyridine rings is 1. The number of halogens is 1. The van der Waals surface area contributed by atoms with Crippen LogP contribution in [0.25, 0.3) is 0 Å². The second-order valence-electron chi connectivity index (χ2n) is 3.58. The largest absolute Gasteiger partial charge is 0.478 e. The lowest BCUT2D eigenvalue weighted by Crippen LogP contribution is -2.23. The van der Waals surface area contributed by atoms with E-state index in [2.05, 4.69) is 4.98 Å². The quantitative estimate of drug-likeness (QED) is 0.624. The Kier molecular flexibility index (Phi) is 5.18. The van der Waals surface area contributed by atoms with Gasteiger partial charge in [0.25, 0.3) is 0 Å². The fraction of sp³-hybridized carbons (Fsp3) is 0.455. The van der Waals surface area contributed by atoms with Crippen molar-refractivity contribution in [1.82, 2.24) is 4.98 Å². The number of carboxylic acids is 1. The minimum absolute atomic E-state index is 0.148. The zero-order valence-electron chi connectivity index (χ0n) is 9.81. The molecule has 17 heavy (non-hydrogen) atoms. The Morgan fingerprint density at radius 3 is 2.88 bits per heavy atom. The second kappa shape index (κ2) is 6.42. The van der Waals surface area contributed by atoms with Gasteiger partial charge in [-0.25, -0.2) is 9.78 Å². The summed E-state index contributed by atoms with van der Waals surface area (Å²) < 4.78 is 4.94. The third kappa shape index (κ3) is 3.87. The molecule has 0 unspecified atom stereocenters. The molecule has 0 aliphatic heterocycles. The van der Waals surface area contributed by atoms with Gasteiger partial charge in [0, 0.05) is 27.3 Å². The van der Waals surface area contributed by atoms with Crippen molar-refractivity contribution in [3.05, 3.63) is 22.8 Å². The molecule has 1 N–H and O–H groups in total. The second-order valence-corrected chi connectivity index (χ2v) is 3.97. The standard InChI is InChI=1S/C11H15ClN2O3/c1-14(6-3-7-17-2)10-8(11(15)16)4-5-9(12)13-10/h4-5H,3,6-7H2,1-2H3,(H,15,16). The SMILES string of the molecule is COCCCN(C)c1nc(Cl)ccc1C(=O)O. The Labute approximate surface area is 105 Å². The maximum absolute atomic E-state index is 11.0. The summed E-state index contributed by atoms with van der Waals surface area (Å²) in [5.41, 5.74) is 0.148. The Hall–Kier alpha value is -1.33. The molecule has 94 valence electrons. The number of hydrogen-bond donors (Lipinski definition) is 1. The molecule has 0 saturated heterocycles. The Morgan fingerprint density at radius 1 is 1.59 bits per heavy atom. The fourth-order valence-corrected chi connectivity index (χ4v) is 1.58. The van der Waals surface area contributed by atoms with Crippen molar-refractivity contribution in [3.63, 3.8) is 0 Å². The van der Waals surface area contributed by atoms with Crippen molar-refractivity contribution in [1.29, 1.82) is 0 Å². The number of carbonyl (C=O) groups is 1. The molecule has 0 aliphatic carbocycles. The van der Waals surface area contributed by atoms with Gasteiger partial charge in [0.1, 0.15) is 16.5 Å². The molecule has 1 aromatic heterocycles. The summed E-state index contributed by atoms with van der Waals surface area (Å²) >= 11 is 5.77. The first-order chi connectivity index (χ1) is 8.06. The van der Waals surface area contributed by atoms with Crippen LogP contribution in [0.1, 0.15) is 16.8 Å². The molecule has 0 fully saturated rings. The van der Waals surface area contributed by atoms with Crippen LogP contribution in [0.2, 0.25) is 5.15 Å². The van der Waals surface area contributed by atoms with Crippen molar-refractivity contribution in [2.24, 2.45) is 0 Å². The van der Waals surface area contributed by atoms with E-state index >= 15 is 0 Å². The number of nitrogens with zero attached hydrogens (tertiary/aromatic N) is 2. The highest BCUT2D eigenvalue weighted by Crippen LogP contribution is 2.20. The molecule has 0 bridgehead atoms. The van der Waals surface area contributed by atoms with Gasteiger partial charge in [-0.15, -0.1) is 0 Å². The van der Waals surface area contributed by atoms with Gasteiger partial charge >= 0.3 is 5.97 Å². The van der Waals surface area contributed by atoms with Crippen LogP contribution >= 0.6 is 11.6 Å². The first kappa shape index (κ1) is 13.7. The molecule has 0 aliphatic rings. The number of ether oxygens (including phenoxy) is 1. The van der Waals surface area contributed by atoms with Gasteiger partial charge in [-0.3, -0.25) is 0 Å². The molecular formula is C11H15ClN2O3. The lowest BCUT2D eigenvalue weighted by atomic mass is 10.2. The molecule has 1 heterocycles. The highest BCUT2D eigenvalue weighted by Gasteiger charge is 2.15. The van der Waals surface area contributed by atoms with Crippen LogP contribution in [0.4, 0.5) is 5.82 Å². The van der Waals surface area contributed by atoms with Gasteiger partial charge in [0.2, 0.25) is 0 Å². The first-order valence-electron chi connectivity index (χ1n) is 5.16. The number of aromatic carboxylic acids is 1. The molecule has 0 atom stereocenters. The van der Waals surface area contributed by atoms with E-state index < -0.39 is 5.97 Å². The number of anilines is 1. The smallest absolute Gasteiger partial charge is 0.339 e. The predicted octanol–water partition coefficient (Wildman–Crippen LogP) is 1.91. The van der Waals surface area contributed by atoms with Gasteiger partial charge in [0.15, 0.2) is 0 Å². The predicted molar refractivity (Wildman–Crippen MR) is 66.0 cm³/mol. The molecule has 0 spiro atoms. The maximum atomic E-state index is 11.0. The normalized spacial score (nSPS) is 10.3. The van der Waals surface area contributed by atoms with Gasteiger partial charge in [0.05, 0.1) is 0 Å². The van der Waals surface area contributed by atoms with E-state index in [9.17, 15) is 4.79 Å². The molecule has 0 amide bonds. The molecule has 0 radical (unpaired) electrons. The van der Waals surface area contributed by atoms with Crippen molar-refractivity contribution in [2.45, 2.75) is 6.42 Å². The molecule has 1 rings (SSSR count). The van der Waals surface area contributed by atoms with Gasteiger partial charge in [-0.05, 0) is 18.6 Å². The molecular weight excluding hydrogens is 244 g/mol. The van der Waals surface area contributed by atoms with Crippen LogP contribution in [0, 0.1) is 0 Å². The van der Waals surface area contributed by atoms with Crippen molar-refractivity contribution >= 4 is 23.4 Å². The van der Waals surface area contributed by atoms with Gasteiger partial charge in [-0.1, -0.05) is 11.6 Å². The van der Waals surface area contributed by atoms with Crippen LogP contribution in [0.3, 0.4) is 0 Å². The monoisotopic (exact) mass is 258 g/mol. The minimum Gasteiger partial charge on any atom is -0.478 e. The summed E-state index contributed by atoms with van der Waals surface area (Å²) in [4.78, 5) is 16.8. The molecule has 0 aromatic carbocycles. The van der Waals surface area contributed by atoms with Crippen LogP contribution in [-0.4, -0.2) is 43.4 Å². The van der Waals surface area contributed by atoms with E-state index in [0.29, 0.717) is 19.0 Å². The highest BCUT2D eigenvalue weighted by atomic mass is 35.5. The van der Waals surface area contributed by atoms with Crippen LogP contribution in [0.15, 0.2) is 12.1 Å². The third-order valence-electron chi connectivity index (χ3n) is 2.28. The van der Waals surface area contributed by atoms with Crippen molar-refractivity contribution in [3.8, 4) is 0 Å². The third-order valence-corrected chi connectivity index (χ3v) is 2.49. The number of carboxylic acid groups (broad SMARTS) is 1. The summed E-state index contributed by atoms with van der Waals surface area (Å²) in [6.07, 6.45) is 0.792. The summed E-state index contributed by atoms with van der Waals surface area (Å²) in [5.74, 6) is -0.635. The van der Waals surface area contributed by atoms with Crippen LogP contribution < -0.4 is 4.90 Å². The lowest BCUT2D eigenvalue weighted by Gasteiger charge is -2.19. The van der Waals surface area contributed by atoms with Crippen LogP contribution in [-0.2, 0) is 4.74 Å². The number of methoxy groups -OCH3 is 1. The van der Waals surface area contributed by atoms with Gasteiger partial charge < -0.3 is 14.7 Å². The molecule has 1 aromatic rings. The van der Waals surface area contributed by atoms with E-state index in [1.165, 1.54) is 12.1 Å². The van der Waals surface area contributed by atoms with E-state index in [1.54, 1.807) is 19.1 Å². The summed E-state index contributed by atoms with van der Waals surface area (Å²) in [6.45, 7) is 1.27. The first-order valence-corrected chi connectivity index (χ1v) is 5.54. The lowest BCUT2D eigenvalue weighted by molar-refractivity contribution is 0.0697. The van der Waals surface area contributed by atoms with Crippen LogP contribution in [0.5, 0.6) is 0 Å². The zero-order chi connectivity index (χ0) is 12.8. The number of rotatable bonds is 6. The zero-order valence-corrected chi connectivity index (χ0v) is 10.6.